The molecule has 0 amide bonds. The van der Waals surface area contributed by atoms with Crippen LogP contribution in [0.4, 0.5) is 0 Å². The van der Waals surface area contributed by atoms with E-state index in [4.69, 9.17) is 4.74 Å². The van der Waals surface area contributed by atoms with Crippen molar-refractivity contribution in [3.05, 3.63) is 121 Å². The van der Waals surface area contributed by atoms with E-state index in [-0.39, 0.29) is 0 Å². The molecule has 0 aromatic heterocycles. The summed E-state index contributed by atoms with van der Waals surface area (Å²) < 4.78 is 6.67. The maximum absolute atomic E-state index is 6.67. The minimum absolute atomic E-state index is 0.925. The molecule has 0 saturated carbocycles. The van der Waals surface area contributed by atoms with E-state index in [1.54, 1.807) is 0 Å². The normalized spacial score (nSPS) is 12.2. The maximum Gasteiger partial charge on any atom is 0.143 e. The van der Waals surface area contributed by atoms with Gasteiger partial charge in [-0.15, -0.1) is 0 Å². The van der Waals surface area contributed by atoms with Gasteiger partial charge in [0.05, 0.1) is 0 Å². The van der Waals surface area contributed by atoms with Crippen molar-refractivity contribution in [2.45, 2.75) is 0 Å². The third-order valence-electron chi connectivity index (χ3n) is 7.40. The van der Waals surface area contributed by atoms with Crippen molar-refractivity contribution in [3.8, 4) is 33.8 Å². The van der Waals surface area contributed by atoms with Crippen LogP contribution in [0.1, 0.15) is 0 Å². The minimum atomic E-state index is 0.925. The number of benzene rings is 7. The molecule has 7 aromatic rings. The lowest BCUT2D eigenvalue weighted by Crippen LogP contribution is -1.99. The van der Waals surface area contributed by atoms with E-state index in [1.807, 2.05) is 0 Å². The number of ether oxygens (including phenoxy) is 1. The third-order valence-corrected chi connectivity index (χ3v) is 7.40. The first-order valence-corrected chi connectivity index (χ1v) is 12.0. The number of para-hydroxylation sites is 1. The molecule has 0 saturated heterocycles. The Bertz CT molecular complexity index is 1970. The molecule has 8 rings (SSSR count). The standard InChI is InChI=1S/C34H20O/c1-2-9-23-19-30-24(18-22(23)8-1)20-31(26-13-4-3-12-25(26)30)29-16-7-15-28-27-14-5-10-21-11-6-17-32(33(21)27)35-34(28)29/h1-20H. The molecular weight excluding hydrogens is 424 g/mol. The van der Waals surface area contributed by atoms with Crippen LogP contribution in [0.3, 0.4) is 0 Å². The molecule has 0 bridgehead atoms. The van der Waals surface area contributed by atoms with E-state index in [9.17, 15) is 0 Å². The highest BCUT2D eigenvalue weighted by molar-refractivity contribution is 6.17. The molecule has 1 aliphatic rings. The number of rotatable bonds is 1. The van der Waals surface area contributed by atoms with Crippen LogP contribution >= 0.6 is 0 Å². The van der Waals surface area contributed by atoms with Gasteiger partial charge in [-0.25, -0.2) is 0 Å². The summed E-state index contributed by atoms with van der Waals surface area (Å²) in [6.45, 7) is 0. The first-order valence-electron chi connectivity index (χ1n) is 12.0. The van der Waals surface area contributed by atoms with Gasteiger partial charge in [-0.05, 0) is 73.1 Å². The van der Waals surface area contributed by atoms with E-state index in [0.29, 0.717) is 0 Å². The molecule has 0 radical (unpaired) electrons. The fraction of sp³-hybridized carbons (Fsp3) is 0. The summed E-state index contributed by atoms with van der Waals surface area (Å²) in [5.41, 5.74) is 4.71. The molecule has 1 nitrogen and oxygen atoms in total. The van der Waals surface area contributed by atoms with Crippen molar-refractivity contribution in [2.24, 2.45) is 0 Å². The lowest BCUT2D eigenvalue weighted by atomic mass is 9.88. The highest BCUT2D eigenvalue weighted by atomic mass is 16.5. The van der Waals surface area contributed by atoms with Gasteiger partial charge in [-0.3, -0.25) is 0 Å². The second kappa shape index (κ2) is 6.94. The van der Waals surface area contributed by atoms with Gasteiger partial charge in [0, 0.05) is 16.5 Å². The van der Waals surface area contributed by atoms with Crippen molar-refractivity contribution >= 4 is 43.1 Å². The summed E-state index contributed by atoms with van der Waals surface area (Å²) in [7, 11) is 0. The second-order valence-electron chi connectivity index (χ2n) is 9.33. The summed E-state index contributed by atoms with van der Waals surface area (Å²) in [5, 5.41) is 9.95. The zero-order chi connectivity index (χ0) is 22.9. The molecule has 162 valence electrons. The SMILES string of the molecule is c1cc(-c2cc3cc4ccccc4cc3c3ccccc23)c2c(c1)-c1cccc3cccc(c13)O2. The molecule has 1 heteroatoms. The fourth-order valence-electron chi connectivity index (χ4n) is 5.82. The van der Waals surface area contributed by atoms with Crippen LogP contribution in [0.5, 0.6) is 11.5 Å². The quantitative estimate of drug-likeness (QED) is 0.181. The highest BCUT2D eigenvalue weighted by Gasteiger charge is 2.23. The van der Waals surface area contributed by atoms with Crippen molar-refractivity contribution in [1.29, 1.82) is 0 Å². The number of fused-ring (bicyclic) bond motifs is 6. The molecule has 0 aliphatic carbocycles. The Kier molecular flexibility index (Phi) is 3.72. The van der Waals surface area contributed by atoms with Crippen molar-refractivity contribution in [1.82, 2.24) is 0 Å². The predicted molar refractivity (Wildman–Crippen MR) is 147 cm³/mol. The Morgan fingerprint density at radius 1 is 0.371 bits per heavy atom. The minimum Gasteiger partial charge on any atom is -0.455 e. The fourth-order valence-corrected chi connectivity index (χ4v) is 5.82. The Labute approximate surface area is 202 Å². The van der Waals surface area contributed by atoms with Gasteiger partial charge in [-0.2, -0.15) is 0 Å². The Balaban J connectivity index is 1.47. The smallest absolute Gasteiger partial charge is 0.143 e. The van der Waals surface area contributed by atoms with Crippen LogP contribution in [0.25, 0.3) is 65.3 Å². The number of hydrogen-bond acceptors (Lipinski definition) is 1. The van der Waals surface area contributed by atoms with Crippen LogP contribution in [0.15, 0.2) is 121 Å². The van der Waals surface area contributed by atoms with Crippen LogP contribution in [-0.4, -0.2) is 0 Å². The third kappa shape index (κ3) is 2.64. The molecule has 1 heterocycles. The molecule has 0 N–H and O–H groups in total. The van der Waals surface area contributed by atoms with Gasteiger partial charge < -0.3 is 4.74 Å². The largest absolute Gasteiger partial charge is 0.455 e. The molecule has 0 unspecified atom stereocenters. The van der Waals surface area contributed by atoms with E-state index in [2.05, 4.69) is 121 Å². The summed E-state index contributed by atoms with van der Waals surface area (Å²) in [6, 6.07) is 43.6. The van der Waals surface area contributed by atoms with E-state index >= 15 is 0 Å². The van der Waals surface area contributed by atoms with Gasteiger partial charge in [0.1, 0.15) is 11.5 Å². The molecule has 1 aliphatic heterocycles. The molecule has 0 spiro atoms. The molecule has 35 heavy (non-hydrogen) atoms. The van der Waals surface area contributed by atoms with Gasteiger partial charge in [0.25, 0.3) is 0 Å². The summed E-state index contributed by atoms with van der Waals surface area (Å²) in [6.07, 6.45) is 0. The lowest BCUT2D eigenvalue weighted by Gasteiger charge is -2.24. The predicted octanol–water partition coefficient (Wildman–Crippen LogP) is 9.74. The second-order valence-corrected chi connectivity index (χ2v) is 9.33. The first kappa shape index (κ1) is 18.8. The Hall–Kier alpha value is -4.62. The van der Waals surface area contributed by atoms with E-state index < -0.39 is 0 Å². The van der Waals surface area contributed by atoms with Crippen LogP contribution < -0.4 is 4.74 Å². The summed E-state index contributed by atoms with van der Waals surface area (Å²) in [5.74, 6) is 1.86. The van der Waals surface area contributed by atoms with Gasteiger partial charge >= 0.3 is 0 Å². The van der Waals surface area contributed by atoms with Gasteiger partial charge in [-0.1, -0.05) is 97.1 Å². The average molecular weight is 445 g/mol. The Morgan fingerprint density at radius 2 is 1.00 bits per heavy atom. The van der Waals surface area contributed by atoms with Crippen molar-refractivity contribution in [3.63, 3.8) is 0 Å². The molecular formula is C34H20O. The zero-order valence-corrected chi connectivity index (χ0v) is 19.0. The highest BCUT2D eigenvalue weighted by Crippen LogP contribution is 2.51. The zero-order valence-electron chi connectivity index (χ0n) is 19.0. The van der Waals surface area contributed by atoms with Crippen LogP contribution in [0.2, 0.25) is 0 Å². The Morgan fingerprint density at radius 3 is 1.86 bits per heavy atom. The molecule has 0 atom stereocenters. The van der Waals surface area contributed by atoms with E-state index in [0.717, 1.165) is 22.6 Å². The van der Waals surface area contributed by atoms with E-state index in [1.165, 1.54) is 54.2 Å². The molecule has 7 aromatic carbocycles. The summed E-state index contributed by atoms with van der Waals surface area (Å²) >= 11 is 0. The number of hydrogen-bond donors (Lipinski definition) is 0. The van der Waals surface area contributed by atoms with Crippen LogP contribution in [-0.2, 0) is 0 Å². The average Bonchev–Trinajstić information content (AvgIpc) is 2.92. The first-order chi connectivity index (χ1) is 17.3. The van der Waals surface area contributed by atoms with Crippen LogP contribution in [0, 0.1) is 0 Å². The lowest BCUT2D eigenvalue weighted by molar-refractivity contribution is 0.489. The summed E-state index contributed by atoms with van der Waals surface area (Å²) in [4.78, 5) is 0. The van der Waals surface area contributed by atoms with Crippen molar-refractivity contribution in [2.75, 3.05) is 0 Å². The topological polar surface area (TPSA) is 9.23 Å². The monoisotopic (exact) mass is 444 g/mol. The maximum atomic E-state index is 6.67. The van der Waals surface area contributed by atoms with Crippen molar-refractivity contribution < 1.29 is 4.74 Å². The van der Waals surface area contributed by atoms with Gasteiger partial charge in [0.2, 0.25) is 0 Å². The molecule has 0 fully saturated rings. The van der Waals surface area contributed by atoms with Gasteiger partial charge in [0.15, 0.2) is 0 Å².